The molecule has 0 aromatic heterocycles. The van der Waals surface area contributed by atoms with E-state index in [-0.39, 0.29) is 0 Å². The standard InChI is InChI=1S/C34H71N/c1-5-7-9-11-13-15-17-18-19-20-21-22-23-24-26-28-30-32-34(3,4)35-33-31-29-27-25-16-14-12-10-8-6-2/h35H,5-33H2,1-4H3. The van der Waals surface area contributed by atoms with Crippen molar-refractivity contribution in [3.63, 3.8) is 0 Å². The van der Waals surface area contributed by atoms with Gasteiger partial charge in [-0.2, -0.15) is 0 Å². The van der Waals surface area contributed by atoms with Gasteiger partial charge < -0.3 is 5.32 Å². The summed E-state index contributed by atoms with van der Waals surface area (Å²) >= 11 is 0. The lowest BCUT2D eigenvalue weighted by atomic mass is 9.95. The van der Waals surface area contributed by atoms with Gasteiger partial charge in [-0.25, -0.2) is 0 Å². The van der Waals surface area contributed by atoms with E-state index in [9.17, 15) is 0 Å². The lowest BCUT2D eigenvalue weighted by Crippen LogP contribution is -2.39. The van der Waals surface area contributed by atoms with E-state index in [1.807, 2.05) is 0 Å². The zero-order valence-electron chi connectivity index (χ0n) is 25.5. The van der Waals surface area contributed by atoms with Crippen molar-refractivity contribution in [2.24, 2.45) is 0 Å². The number of rotatable bonds is 30. The minimum atomic E-state index is 0.328. The second kappa shape index (κ2) is 28.5. The van der Waals surface area contributed by atoms with Crippen LogP contribution in [0.4, 0.5) is 0 Å². The molecule has 0 aromatic carbocycles. The zero-order chi connectivity index (χ0) is 25.7. The van der Waals surface area contributed by atoms with Crippen LogP contribution in [0.1, 0.15) is 207 Å². The van der Waals surface area contributed by atoms with Crippen LogP contribution in [0, 0.1) is 0 Å². The van der Waals surface area contributed by atoms with Gasteiger partial charge in [0.1, 0.15) is 0 Å². The molecular formula is C34H71N. The van der Waals surface area contributed by atoms with E-state index in [1.54, 1.807) is 0 Å². The molecule has 0 aliphatic carbocycles. The highest BCUT2D eigenvalue weighted by atomic mass is 14.9. The fourth-order valence-corrected chi connectivity index (χ4v) is 5.42. The third-order valence-corrected chi connectivity index (χ3v) is 8.04. The molecule has 1 N–H and O–H groups in total. The lowest BCUT2D eigenvalue weighted by molar-refractivity contribution is 0.342. The Morgan fingerprint density at radius 2 is 0.600 bits per heavy atom. The lowest BCUT2D eigenvalue weighted by Gasteiger charge is -2.26. The van der Waals surface area contributed by atoms with Gasteiger partial charge in [0.25, 0.3) is 0 Å². The summed E-state index contributed by atoms with van der Waals surface area (Å²) in [5.41, 5.74) is 0.328. The van der Waals surface area contributed by atoms with Gasteiger partial charge in [-0.1, -0.05) is 181 Å². The van der Waals surface area contributed by atoms with Gasteiger partial charge in [0.15, 0.2) is 0 Å². The van der Waals surface area contributed by atoms with Crippen molar-refractivity contribution in [2.75, 3.05) is 6.54 Å². The Kier molecular flexibility index (Phi) is 28.5. The molecule has 0 saturated heterocycles. The van der Waals surface area contributed by atoms with Crippen molar-refractivity contribution < 1.29 is 0 Å². The van der Waals surface area contributed by atoms with Crippen molar-refractivity contribution >= 4 is 0 Å². The fraction of sp³-hybridized carbons (Fsp3) is 1.00. The summed E-state index contributed by atoms with van der Waals surface area (Å²) in [7, 11) is 0. The summed E-state index contributed by atoms with van der Waals surface area (Å²) in [6.07, 6.45) is 40.4. The monoisotopic (exact) mass is 494 g/mol. The first-order valence-corrected chi connectivity index (χ1v) is 16.9. The van der Waals surface area contributed by atoms with Crippen LogP contribution in [0.25, 0.3) is 0 Å². The van der Waals surface area contributed by atoms with Gasteiger partial charge in [0.05, 0.1) is 0 Å². The van der Waals surface area contributed by atoms with Crippen LogP contribution in [-0.4, -0.2) is 12.1 Å². The normalized spacial score (nSPS) is 12.0. The number of unbranched alkanes of at least 4 members (excludes halogenated alkanes) is 25. The van der Waals surface area contributed by atoms with E-state index in [1.165, 1.54) is 186 Å². The van der Waals surface area contributed by atoms with Crippen LogP contribution >= 0.6 is 0 Å². The van der Waals surface area contributed by atoms with E-state index in [2.05, 4.69) is 33.0 Å². The maximum absolute atomic E-state index is 3.84. The molecule has 0 bridgehead atoms. The molecule has 0 unspecified atom stereocenters. The van der Waals surface area contributed by atoms with Crippen molar-refractivity contribution in [3.05, 3.63) is 0 Å². The minimum Gasteiger partial charge on any atom is -0.312 e. The molecule has 0 aliphatic rings. The van der Waals surface area contributed by atoms with E-state index < -0.39 is 0 Å². The van der Waals surface area contributed by atoms with Crippen molar-refractivity contribution in [3.8, 4) is 0 Å². The molecule has 0 spiro atoms. The first-order valence-electron chi connectivity index (χ1n) is 16.9. The zero-order valence-corrected chi connectivity index (χ0v) is 25.5. The van der Waals surface area contributed by atoms with Gasteiger partial charge in [0, 0.05) is 5.54 Å². The average Bonchev–Trinajstić information content (AvgIpc) is 2.84. The molecule has 0 radical (unpaired) electrons. The number of nitrogens with one attached hydrogen (secondary N) is 1. The summed E-state index contributed by atoms with van der Waals surface area (Å²) in [6, 6.07) is 0. The Balaban J connectivity index is 3.26. The van der Waals surface area contributed by atoms with Crippen LogP contribution in [-0.2, 0) is 0 Å². The van der Waals surface area contributed by atoms with Gasteiger partial charge >= 0.3 is 0 Å². The van der Waals surface area contributed by atoms with Crippen molar-refractivity contribution in [2.45, 2.75) is 213 Å². The SMILES string of the molecule is CCCCCCCCCCCCCCCCCCCC(C)(C)NCCCCCCCCCCCC. The van der Waals surface area contributed by atoms with E-state index >= 15 is 0 Å². The first-order chi connectivity index (χ1) is 17.1. The van der Waals surface area contributed by atoms with Crippen LogP contribution < -0.4 is 5.32 Å². The Morgan fingerprint density at radius 1 is 0.343 bits per heavy atom. The van der Waals surface area contributed by atoms with Gasteiger partial charge in [-0.15, -0.1) is 0 Å². The molecule has 1 nitrogen and oxygen atoms in total. The first kappa shape index (κ1) is 35.0. The molecule has 0 aromatic rings. The highest BCUT2D eigenvalue weighted by Crippen LogP contribution is 2.17. The topological polar surface area (TPSA) is 12.0 Å². The van der Waals surface area contributed by atoms with Gasteiger partial charge in [-0.05, 0) is 33.2 Å². The molecule has 0 saturated carbocycles. The highest BCUT2D eigenvalue weighted by Gasteiger charge is 2.15. The van der Waals surface area contributed by atoms with Crippen LogP contribution in [0.15, 0.2) is 0 Å². The molecule has 1 heteroatoms. The van der Waals surface area contributed by atoms with E-state index in [0.29, 0.717) is 5.54 Å². The molecular weight excluding hydrogens is 422 g/mol. The number of hydrogen-bond donors (Lipinski definition) is 1. The Morgan fingerprint density at radius 3 is 0.914 bits per heavy atom. The van der Waals surface area contributed by atoms with Crippen LogP contribution in [0.5, 0.6) is 0 Å². The molecule has 0 heterocycles. The highest BCUT2D eigenvalue weighted by molar-refractivity contribution is 4.77. The predicted molar refractivity (Wildman–Crippen MR) is 163 cm³/mol. The fourth-order valence-electron chi connectivity index (χ4n) is 5.42. The summed E-state index contributed by atoms with van der Waals surface area (Å²) in [6.45, 7) is 10.6. The van der Waals surface area contributed by atoms with E-state index in [4.69, 9.17) is 0 Å². The Labute approximate surface area is 224 Å². The summed E-state index contributed by atoms with van der Waals surface area (Å²) < 4.78 is 0. The number of hydrogen-bond acceptors (Lipinski definition) is 1. The molecule has 0 aliphatic heterocycles. The Hall–Kier alpha value is -0.0400. The van der Waals surface area contributed by atoms with Crippen LogP contribution in [0.3, 0.4) is 0 Å². The second-order valence-electron chi connectivity index (χ2n) is 12.4. The molecule has 212 valence electrons. The molecule has 0 atom stereocenters. The smallest absolute Gasteiger partial charge is 0.0125 e. The maximum Gasteiger partial charge on any atom is 0.0125 e. The third-order valence-electron chi connectivity index (χ3n) is 8.04. The maximum atomic E-state index is 3.84. The quantitative estimate of drug-likeness (QED) is 0.0980. The summed E-state index contributed by atoms with van der Waals surface area (Å²) in [5.74, 6) is 0. The average molecular weight is 494 g/mol. The van der Waals surface area contributed by atoms with Crippen molar-refractivity contribution in [1.82, 2.24) is 5.32 Å². The molecule has 0 amide bonds. The predicted octanol–water partition coefficient (Wildman–Crippen LogP) is 12.3. The minimum absolute atomic E-state index is 0.328. The van der Waals surface area contributed by atoms with Crippen LogP contribution in [0.2, 0.25) is 0 Å². The summed E-state index contributed by atoms with van der Waals surface area (Å²) in [5, 5.41) is 3.84. The molecule has 0 fully saturated rings. The second-order valence-corrected chi connectivity index (χ2v) is 12.4. The van der Waals surface area contributed by atoms with E-state index in [0.717, 1.165) is 0 Å². The molecule has 35 heavy (non-hydrogen) atoms. The Bertz CT molecular complexity index is 375. The van der Waals surface area contributed by atoms with Gasteiger partial charge in [-0.3, -0.25) is 0 Å². The largest absolute Gasteiger partial charge is 0.312 e. The van der Waals surface area contributed by atoms with Crippen molar-refractivity contribution in [1.29, 1.82) is 0 Å². The molecule has 0 rings (SSSR count). The summed E-state index contributed by atoms with van der Waals surface area (Å²) in [4.78, 5) is 0. The third kappa shape index (κ3) is 30.1. The van der Waals surface area contributed by atoms with Gasteiger partial charge in [0.2, 0.25) is 0 Å².